The van der Waals surface area contributed by atoms with Crippen LogP contribution in [0.1, 0.15) is 35.2 Å². The summed E-state index contributed by atoms with van der Waals surface area (Å²) < 4.78 is 2.24. The Balaban J connectivity index is 1.87. The molecule has 9 nitrogen and oxygen atoms in total. The second kappa shape index (κ2) is 8.81. The lowest BCUT2D eigenvalue weighted by Crippen LogP contribution is -2.37. The van der Waals surface area contributed by atoms with E-state index in [0.717, 1.165) is 42.6 Å². The predicted octanol–water partition coefficient (Wildman–Crippen LogP) is 0.825. The Morgan fingerprint density at radius 2 is 1.80 bits per heavy atom. The summed E-state index contributed by atoms with van der Waals surface area (Å²) in [5.74, 6) is -1.05. The lowest BCUT2D eigenvalue weighted by atomic mass is 10.1. The van der Waals surface area contributed by atoms with Gasteiger partial charge in [-0.25, -0.2) is 4.79 Å². The summed E-state index contributed by atoms with van der Waals surface area (Å²) in [7, 11) is 2.90. The lowest BCUT2D eigenvalue weighted by molar-refractivity contribution is -0.111. The van der Waals surface area contributed by atoms with Crippen molar-refractivity contribution in [3.8, 4) is 0 Å². The zero-order valence-corrected chi connectivity index (χ0v) is 17.1. The smallest absolute Gasteiger partial charge is 0.330 e. The van der Waals surface area contributed by atoms with E-state index in [0.29, 0.717) is 11.3 Å². The summed E-state index contributed by atoms with van der Waals surface area (Å²) in [6.45, 7) is 1.73. The molecule has 1 saturated heterocycles. The van der Waals surface area contributed by atoms with Gasteiger partial charge in [0.2, 0.25) is 11.8 Å². The first-order valence-corrected chi connectivity index (χ1v) is 9.72. The molecule has 0 spiro atoms. The highest BCUT2D eigenvalue weighted by atomic mass is 16.2. The number of nitrogens with zero attached hydrogens (tertiary/aromatic N) is 3. The second-order valence-corrected chi connectivity index (χ2v) is 7.31. The van der Waals surface area contributed by atoms with Crippen molar-refractivity contribution in [2.75, 3.05) is 23.3 Å². The molecule has 2 aromatic rings. The molecule has 0 bridgehead atoms. The molecule has 1 aromatic carbocycles. The highest BCUT2D eigenvalue weighted by Crippen LogP contribution is 2.29. The number of amides is 2. The fraction of sp³-hybridized carbons (Fsp3) is 0.333. The van der Waals surface area contributed by atoms with Crippen molar-refractivity contribution >= 4 is 29.3 Å². The number of nitrogens with one attached hydrogen (secondary N) is 1. The number of piperidine rings is 1. The molecule has 2 heterocycles. The van der Waals surface area contributed by atoms with Crippen LogP contribution in [0.15, 0.2) is 40.1 Å². The first-order chi connectivity index (χ1) is 14.3. The molecule has 9 heteroatoms. The zero-order valence-electron chi connectivity index (χ0n) is 17.1. The molecule has 0 radical (unpaired) electrons. The standard InChI is InChI=1S/C21H25N5O4/c1-24-13-15(20(29)25(2)21(24)30)7-9-18(27)23-16-12-14(19(22)28)6-8-17(16)26-10-4-3-5-11-26/h6-9,12-13H,3-5,10-11H2,1-2H3,(H2,22,28)(H,23,27)/b9-7+. The van der Waals surface area contributed by atoms with Gasteiger partial charge >= 0.3 is 5.69 Å². The fourth-order valence-corrected chi connectivity index (χ4v) is 3.49. The Labute approximate surface area is 173 Å². The molecule has 3 N–H and O–H groups in total. The number of hydrogen-bond donors (Lipinski definition) is 2. The third-order valence-electron chi connectivity index (χ3n) is 5.12. The molecule has 0 saturated carbocycles. The first kappa shape index (κ1) is 21.1. The number of aryl methyl sites for hydroxylation is 1. The third kappa shape index (κ3) is 4.51. The second-order valence-electron chi connectivity index (χ2n) is 7.31. The molecule has 1 aliphatic rings. The third-order valence-corrected chi connectivity index (χ3v) is 5.12. The molecule has 30 heavy (non-hydrogen) atoms. The van der Waals surface area contributed by atoms with Gasteiger partial charge in [-0.15, -0.1) is 0 Å². The number of benzene rings is 1. The average molecular weight is 411 g/mol. The summed E-state index contributed by atoms with van der Waals surface area (Å²) >= 11 is 0. The van der Waals surface area contributed by atoms with Crippen molar-refractivity contribution in [3.05, 3.63) is 62.4 Å². The average Bonchev–Trinajstić information content (AvgIpc) is 2.74. The van der Waals surface area contributed by atoms with E-state index < -0.39 is 23.1 Å². The topological polar surface area (TPSA) is 119 Å². The molecule has 3 rings (SSSR count). The van der Waals surface area contributed by atoms with E-state index in [9.17, 15) is 19.2 Å². The van der Waals surface area contributed by atoms with Crippen LogP contribution in [0.2, 0.25) is 0 Å². The Morgan fingerprint density at radius 1 is 1.10 bits per heavy atom. The molecule has 0 atom stereocenters. The van der Waals surface area contributed by atoms with Gasteiger partial charge in [0.05, 0.1) is 16.9 Å². The van der Waals surface area contributed by atoms with Crippen LogP contribution in [0.25, 0.3) is 6.08 Å². The molecule has 1 aromatic heterocycles. The summed E-state index contributed by atoms with van der Waals surface area (Å²) in [5.41, 5.74) is 6.25. The number of carbonyl (C=O) groups is 2. The van der Waals surface area contributed by atoms with E-state index in [4.69, 9.17) is 5.73 Å². The summed E-state index contributed by atoms with van der Waals surface area (Å²) in [4.78, 5) is 50.3. The number of carbonyl (C=O) groups excluding carboxylic acids is 2. The van der Waals surface area contributed by atoms with Gasteiger partial charge in [-0.2, -0.15) is 0 Å². The van der Waals surface area contributed by atoms with Crippen LogP contribution >= 0.6 is 0 Å². The molecule has 158 valence electrons. The van der Waals surface area contributed by atoms with E-state index >= 15 is 0 Å². The molecule has 0 unspecified atom stereocenters. The predicted molar refractivity (Wildman–Crippen MR) is 116 cm³/mol. The molecule has 2 amide bonds. The summed E-state index contributed by atoms with van der Waals surface area (Å²) in [5, 5.41) is 2.78. The van der Waals surface area contributed by atoms with E-state index in [-0.39, 0.29) is 5.56 Å². The summed E-state index contributed by atoms with van der Waals surface area (Å²) in [6, 6.07) is 4.99. The number of hydrogen-bond acceptors (Lipinski definition) is 5. The number of primary amides is 1. The van der Waals surface area contributed by atoms with E-state index in [1.807, 2.05) is 0 Å². The van der Waals surface area contributed by atoms with Crippen molar-refractivity contribution in [1.82, 2.24) is 9.13 Å². The van der Waals surface area contributed by atoms with Crippen LogP contribution in [0, 0.1) is 0 Å². The molecule has 0 aliphatic carbocycles. The number of aromatic nitrogens is 2. The van der Waals surface area contributed by atoms with Crippen molar-refractivity contribution < 1.29 is 9.59 Å². The monoisotopic (exact) mass is 411 g/mol. The van der Waals surface area contributed by atoms with E-state index in [1.165, 1.54) is 37.0 Å². The molecule has 1 aliphatic heterocycles. The van der Waals surface area contributed by atoms with Crippen molar-refractivity contribution in [2.24, 2.45) is 19.8 Å². The van der Waals surface area contributed by atoms with Crippen LogP contribution in [0.4, 0.5) is 11.4 Å². The minimum atomic E-state index is -0.583. The maximum Gasteiger partial charge on any atom is 0.330 e. The number of nitrogens with two attached hydrogens (primary N) is 1. The van der Waals surface area contributed by atoms with Gasteiger partial charge in [-0.05, 0) is 43.5 Å². The number of anilines is 2. The zero-order chi connectivity index (χ0) is 21.8. The van der Waals surface area contributed by atoms with E-state index in [1.54, 1.807) is 18.2 Å². The Morgan fingerprint density at radius 3 is 2.47 bits per heavy atom. The molecular formula is C21H25N5O4. The van der Waals surface area contributed by atoms with Crippen molar-refractivity contribution in [3.63, 3.8) is 0 Å². The van der Waals surface area contributed by atoms with Crippen LogP contribution in [0.5, 0.6) is 0 Å². The Kier molecular flexibility index (Phi) is 6.20. The van der Waals surface area contributed by atoms with Gasteiger partial charge < -0.3 is 20.5 Å². The molecule has 1 fully saturated rings. The minimum Gasteiger partial charge on any atom is -0.370 e. The van der Waals surface area contributed by atoms with Gasteiger partial charge in [0.1, 0.15) is 0 Å². The van der Waals surface area contributed by atoms with Gasteiger partial charge in [-0.1, -0.05) is 0 Å². The van der Waals surface area contributed by atoms with Crippen LogP contribution < -0.4 is 27.2 Å². The van der Waals surface area contributed by atoms with Gasteiger partial charge in [-0.3, -0.25) is 19.0 Å². The van der Waals surface area contributed by atoms with Gasteiger partial charge in [0.15, 0.2) is 0 Å². The fourth-order valence-electron chi connectivity index (χ4n) is 3.49. The highest BCUT2D eigenvalue weighted by molar-refractivity contribution is 6.05. The Bertz CT molecular complexity index is 1120. The first-order valence-electron chi connectivity index (χ1n) is 9.72. The van der Waals surface area contributed by atoms with Crippen LogP contribution in [-0.2, 0) is 18.9 Å². The summed E-state index contributed by atoms with van der Waals surface area (Å²) in [6.07, 6.45) is 7.23. The Hall–Kier alpha value is -3.62. The van der Waals surface area contributed by atoms with Crippen molar-refractivity contribution in [2.45, 2.75) is 19.3 Å². The van der Waals surface area contributed by atoms with Gasteiger partial charge in [0.25, 0.3) is 5.56 Å². The van der Waals surface area contributed by atoms with Crippen molar-refractivity contribution in [1.29, 1.82) is 0 Å². The minimum absolute atomic E-state index is 0.205. The van der Waals surface area contributed by atoms with E-state index in [2.05, 4.69) is 10.2 Å². The highest BCUT2D eigenvalue weighted by Gasteiger charge is 2.17. The quantitative estimate of drug-likeness (QED) is 0.706. The maximum atomic E-state index is 12.5. The largest absolute Gasteiger partial charge is 0.370 e. The normalized spacial score (nSPS) is 14.1. The number of rotatable bonds is 5. The maximum absolute atomic E-state index is 12.5. The molecular weight excluding hydrogens is 386 g/mol. The van der Waals surface area contributed by atoms with Gasteiger partial charge in [0, 0.05) is 45.0 Å². The van der Waals surface area contributed by atoms with Crippen LogP contribution in [-0.4, -0.2) is 34.0 Å². The van der Waals surface area contributed by atoms with Crippen LogP contribution in [0.3, 0.4) is 0 Å². The SMILES string of the molecule is Cn1cc(/C=C/C(=O)Nc2cc(C(N)=O)ccc2N2CCCCC2)c(=O)n(C)c1=O. The lowest BCUT2D eigenvalue weighted by Gasteiger charge is -2.30.